The first kappa shape index (κ1) is 12.1. The molecule has 1 aromatic carbocycles. The first-order valence-electron chi connectivity index (χ1n) is 4.84. The van der Waals surface area contributed by atoms with Crippen LogP contribution in [0.25, 0.3) is 0 Å². The zero-order valence-electron chi connectivity index (χ0n) is 8.72. The van der Waals surface area contributed by atoms with E-state index < -0.39 is 11.6 Å². The summed E-state index contributed by atoms with van der Waals surface area (Å²) in [6.07, 6.45) is 1.32. The monoisotopic (exact) mass is 215 g/mol. The van der Waals surface area contributed by atoms with Gasteiger partial charge in [-0.2, -0.15) is 0 Å². The fraction of sp³-hybridized carbons (Fsp3) is 0.455. The highest BCUT2D eigenvalue weighted by Crippen LogP contribution is 2.17. The van der Waals surface area contributed by atoms with Crippen LogP contribution in [-0.4, -0.2) is 13.7 Å². The largest absolute Gasteiger partial charge is 0.380 e. The van der Waals surface area contributed by atoms with Crippen molar-refractivity contribution in [3.05, 3.63) is 34.9 Å². The fourth-order valence-electron chi connectivity index (χ4n) is 1.39. The molecule has 0 fully saturated rings. The van der Waals surface area contributed by atoms with Crippen LogP contribution in [0, 0.1) is 11.6 Å². The van der Waals surface area contributed by atoms with E-state index in [-0.39, 0.29) is 12.2 Å². The highest BCUT2D eigenvalue weighted by molar-refractivity contribution is 5.26. The van der Waals surface area contributed by atoms with Crippen LogP contribution in [0.15, 0.2) is 12.1 Å². The van der Waals surface area contributed by atoms with Crippen LogP contribution in [-0.2, 0) is 17.8 Å². The van der Waals surface area contributed by atoms with Gasteiger partial charge in [-0.25, -0.2) is 8.78 Å². The molecule has 0 saturated heterocycles. The molecular formula is C11H15F2NO. The van der Waals surface area contributed by atoms with E-state index in [0.29, 0.717) is 18.5 Å². The van der Waals surface area contributed by atoms with Gasteiger partial charge in [0, 0.05) is 12.7 Å². The van der Waals surface area contributed by atoms with Crippen LogP contribution in [0.4, 0.5) is 8.78 Å². The molecule has 84 valence electrons. The third-order valence-electron chi connectivity index (χ3n) is 2.16. The van der Waals surface area contributed by atoms with E-state index in [9.17, 15) is 8.78 Å². The van der Waals surface area contributed by atoms with Gasteiger partial charge in [-0.05, 0) is 37.1 Å². The molecule has 0 aliphatic carbocycles. The Labute approximate surface area is 88.0 Å². The Kier molecular flexibility index (Phi) is 4.65. The zero-order valence-corrected chi connectivity index (χ0v) is 8.72. The second-order valence-electron chi connectivity index (χ2n) is 3.36. The smallest absolute Gasteiger partial charge is 0.131 e. The number of rotatable bonds is 5. The average Bonchev–Trinajstić information content (AvgIpc) is 2.20. The lowest BCUT2D eigenvalue weighted by molar-refractivity contribution is 0.177. The van der Waals surface area contributed by atoms with Crippen LogP contribution < -0.4 is 5.73 Å². The van der Waals surface area contributed by atoms with E-state index in [1.807, 2.05) is 0 Å². The summed E-state index contributed by atoms with van der Waals surface area (Å²) in [5.41, 5.74) is 5.94. The van der Waals surface area contributed by atoms with Crippen molar-refractivity contribution in [1.82, 2.24) is 0 Å². The van der Waals surface area contributed by atoms with Crippen molar-refractivity contribution in [3.63, 3.8) is 0 Å². The average molecular weight is 215 g/mol. The second kappa shape index (κ2) is 5.78. The van der Waals surface area contributed by atoms with Gasteiger partial charge in [0.2, 0.25) is 0 Å². The van der Waals surface area contributed by atoms with Crippen molar-refractivity contribution < 1.29 is 13.5 Å². The predicted octanol–water partition coefficient (Wildman–Crippen LogP) is 2.00. The lowest BCUT2D eigenvalue weighted by atomic mass is 10.1. The van der Waals surface area contributed by atoms with Gasteiger partial charge in [0.15, 0.2) is 0 Å². The molecule has 1 rings (SSSR count). The van der Waals surface area contributed by atoms with Gasteiger partial charge in [0.1, 0.15) is 11.6 Å². The van der Waals surface area contributed by atoms with Crippen LogP contribution in [0.1, 0.15) is 17.5 Å². The number of hydrogen-bond donors (Lipinski definition) is 1. The predicted molar refractivity (Wildman–Crippen MR) is 54.4 cm³/mol. The van der Waals surface area contributed by atoms with Gasteiger partial charge in [-0.15, -0.1) is 0 Å². The Morgan fingerprint density at radius 3 is 2.33 bits per heavy atom. The molecule has 0 aliphatic heterocycles. The third-order valence-corrected chi connectivity index (χ3v) is 2.16. The number of ether oxygens (including phenoxy) is 1. The molecular weight excluding hydrogens is 200 g/mol. The molecule has 0 bridgehead atoms. The molecule has 0 aromatic heterocycles. The van der Waals surface area contributed by atoms with Crippen molar-refractivity contribution in [2.75, 3.05) is 13.7 Å². The summed E-state index contributed by atoms with van der Waals surface area (Å²) in [7, 11) is 1.40. The summed E-state index contributed by atoms with van der Waals surface area (Å²) in [6, 6.07) is 2.68. The third kappa shape index (κ3) is 3.25. The molecule has 0 radical (unpaired) electrons. The molecule has 2 nitrogen and oxygen atoms in total. The second-order valence-corrected chi connectivity index (χ2v) is 3.36. The van der Waals surface area contributed by atoms with E-state index in [2.05, 4.69) is 0 Å². The summed E-state index contributed by atoms with van der Waals surface area (Å²) in [5, 5.41) is 0. The maximum Gasteiger partial charge on any atom is 0.131 e. The highest BCUT2D eigenvalue weighted by Gasteiger charge is 2.10. The summed E-state index contributed by atoms with van der Waals surface area (Å²) in [5.74, 6) is -1.10. The Balaban J connectivity index is 2.87. The normalized spacial score (nSPS) is 10.7. The SMILES string of the molecule is COCc1c(F)cc(CCCN)cc1F. The molecule has 2 N–H and O–H groups in total. The molecule has 0 atom stereocenters. The first-order valence-corrected chi connectivity index (χ1v) is 4.84. The highest BCUT2D eigenvalue weighted by atomic mass is 19.1. The van der Waals surface area contributed by atoms with Gasteiger partial charge in [0.25, 0.3) is 0 Å². The summed E-state index contributed by atoms with van der Waals surface area (Å²) >= 11 is 0. The molecule has 0 spiro atoms. The van der Waals surface area contributed by atoms with Crippen molar-refractivity contribution in [2.24, 2.45) is 5.73 Å². The van der Waals surface area contributed by atoms with E-state index in [0.717, 1.165) is 6.42 Å². The van der Waals surface area contributed by atoms with Gasteiger partial charge in [0.05, 0.1) is 6.61 Å². The van der Waals surface area contributed by atoms with Crippen molar-refractivity contribution in [1.29, 1.82) is 0 Å². The Morgan fingerprint density at radius 2 is 1.87 bits per heavy atom. The van der Waals surface area contributed by atoms with Gasteiger partial charge < -0.3 is 10.5 Å². The van der Waals surface area contributed by atoms with E-state index in [1.165, 1.54) is 19.2 Å². The number of halogens is 2. The number of hydrogen-bond acceptors (Lipinski definition) is 2. The maximum atomic E-state index is 13.4. The van der Waals surface area contributed by atoms with Crippen LogP contribution in [0.2, 0.25) is 0 Å². The van der Waals surface area contributed by atoms with E-state index in [4.69, 9.17) is 10.5 Å². The van der Waals surface area contributed by atoms with Crippen LogP contribution in [0.5, 0.6) is 0 Å². The molecule has 0 unspecified atom stereocenters. The lowest BCUT2D eigenvalue weighted by Crippen LogP contribution is -2.03. The number of methoxy groups -OCH3 is 1. The van der Waals surface area contributed by atoms with Crippen molar-refractivity contribution in [3.8, 4) is 0 Å². The maximum absolute atomic E-state index is 13.4. The van der Waals surface area contributed by atoms with E-state index in [1.54, 1.807) is 0 Å². The quantitative estimate of drug-likeness (QED) is 0.815. The Morgan fingerprint density at radius 1 is 1.27 bits per heavy atom. The minimum Gasteiger partial charge on any atom is -0.380 e. The molecule has 1 aromatic rings. The topological polar surface area (TPSA) is 35.2 Å². The van der Waals surface area contributed by atoms with Gasteiger partial charge in [-0.3, -0.25) is 0 Å². The molecule has 0 aliphatic rings. The Hall–Kier alpha value is -1.00. The minimum absolute atomic E-state index is 0.0194. The minimum atomic E-state index is -0.552. The molecule has 4 heteroatoms. The fourth-order valence-corrected chi connectivity index (χ4v) is 1.39. The summed E-state index contributed by atoms with van der Waals surface area (Å²) in [6.45, 7) is 0.470. The lowest BCUT2D eigenvalue weighted by Gasteiger charge is -2.07. The Bertz CT molecular complexity index is 305. The van der Waals surface area contributed by atoms with Gasteiger partial charge in [-0.1, -0.05) is 0 Å². The number of aryl methyl sites for hydroxylation is 1. The van der Waals surface area contributed by atoms with E-state index >= 15 is 0 Å². The number of benzene rings is 1. The van der Waals surface area contributed by atoms with Crippen molar-refractivity contribution in [2.45, 2.75) is 19.4 Å². The molecule has 0 saturated carbocycles. The summed E-state index contributed by atoms with van der Waals surface area (Å²) < 4.78 is 31.5. The van der Waals surface area contributed by atoms with Crippen LogP contribution in [0.3, 0.4) is 0 Å². The van der Waals surface area contributed by atoms with Crippen LogP contribution >= 0.6 is 0 Å². The molecule has 0 heterocycles. The van der Waals surface area contributed by atoms with Gasteiger partial charge >= 0.3 is 0 Å². The van der Waals surface area contributed by atoms with Crippen molar-refractivity contribution >= 4 is 0 Å². The molecule has 15 heavy (non-hydrogen) atoms. The summed E-state index contributed by atoms with van der Waals surface area (Å²) in [4.78, 5) is 0. The first-order chi connectivity index (χ1) is 7.19. The zero-order chi connectivity index (χ0) is 11.3. The number of nitrogens with two attached hydrogens (primary N) is 1. The standard InChI is InChI=1S/C11H15F2NO/c1-15-7-9-10(12)5-8(3-2-4-14)6-11(9)13/h5-6H,2-4,7,14H2,1H3. The molecule has 0 amide bonds.